The number of carbonyl (C=O) groups excluding carboxylic acids is 1. The van der Waals surface area contributed by atoms with E-state index in [0.717, 1.165) is 30.3 Å². The van der Waals surface area contributed by atoms with E-state index >= 15 is 0 Å². The van der Waals surface area contributed by atoms with Crippen LogP contribution in [0.15, 0.2) is 130 Å². The van der Waals surface area contributed by atoms with Crippen molar-refractivity contribution < 1.29 is 74.8 Å². The lowest BCUT2D eigenvalue weighted by Crippen LogP contribution is -2.30. The summed E-state index contributed by atoms with van der Waals surface area (Å²) < 4.78 is 173. The molecule has 0 aliphatic carbocycles. The number of thiophene rings is 1. The molecule has 10 N–H and O–H groups in total. The van der Waals surface area contributed by atoms with Crippen molar-refractivity contribution in [2.24, 2.45) is 20.5 Å². The molecule has 0 bridgehead atoms. The molecule has 0 saturated heterocycles. The lowest BCUT2D eigenvalue weighted by molar-refractivity contribution is 0.245. The summed E-state index contributed by atoms with van der Waals surface area (Å²) in [5.74, 6) is -0.638. The van der Waals surface area contributed by atoms with Gasteiger partial charge in [0, 0.05) is 45.5 Å². The molecular formula is C43H31Cl2N11O17S6. The van der Waals surface area contributed by atoms with E-state index < -0.39 is 103 Å². The zero-order valence-corrected chi connectivity index (χ0v) is 45.4. The third-order valence-electron chi connectivity index (χ3n) is 10.6. The van der Waals surface area contributed by atoms with Crippen LogP contribution in [-0.4, -0.2) is 94.1 Å². The van der Waals surface area contributed by atoms with Crippen molar-refractivity contribution in [2.45, 2.75) is 31.4 Å². The first kappa shape index (κ1) is 59.0. The molecule has 0 atom stereocenters. The van der Waals surface area contributed by atoms with Crippen LogP contribution >= 0.6 is 34.5 Å². The molecule has 0 fully saturated rings. The highest BCUT2D eigenvalue weighted by molar-refractivity contribution is 7.87. The highest BCUT2D eigenvalue weighted by Gasteiger charge is 2.28. The van der Waals surface area contributed by atoms with Crippen LogP contribution in [0, 0.1) is 29.6 Å². The van der Waals surface area contributed by atoms with Crippen LogP contribution in [0.1, 0.15) is 16.7 Å². The molecular weight excluding hydrogens is 1210 g/mol. The van der Waals surface area contributed by atoms with Gasteiger partial charge in [0.15, 0.2) is 16.6 Å². The molecule has 2 aromatic heterocycles. The van der Waals surface area contributed by atoms with Gasteiger partial charge < -0.3 is 26.4 Å². The number of aromatic nitrogens is 1. The molecule has 0 radical (unpaired) electrons. The minimum Gasteiger partial charge on any atom is -0.395 e. The summed E-state index contributed by atoms with van der Waals surface area (Å²) in [5.41, 5.74) is -1.42. The normalized spacial score (nSPS) is 12.4. The van der Waals surface area contributed by atoms with Crippen molar-refractivity contribution in [2.75, 3.05) is 29.1 Å². The van der Waals surface area contributed by atoms with Crippen molar-refractivity contribution in [1.29, 1.82) is 10.5 Å². The number of benzene rings is 5. The Morgan fingerprint density at radius 2 is 1.11 bits per heavy atom. The highest BCUT2D eigenvalue weighted by atomic mass is 35.5. The van der Waals surface area contributed by atoms with E-state index in [1.54, 1.807) is 0 Å². The number of amides is 2. The van der Waals surface area contributed by atoms with Crippen LogP contribution in [0.4, 0.5) is 54.9 Å². The summed E-state index contributed by atoms with van der Waals surface area (Å²) in [6, 6.07) is 17.6. The fraction of sp³-hybridized carbons (Fsp3) is 0.0698. The van der Waals surface area contributed by atoms with E-state index in [0.29, 0.717) is 29.5 Å². The zero-order chi connectivity index (χ0) is 58.2. The number of nitrogens with one attached hydrogen (secondary N) is 4. The van der Waals surface area contributed by atoms with Crippen LogP contribution in [-0.2, 0) is 50.6 Å². The Labute approximate surface area is 460 Å². The number of hydrogen-bond acceptors (Lipinski definition) is 22. The maximum atomic E-state index is 12.7. The van der Waals surface area contributed by atoms with E-state index in [-0.39, 0.29) is 90.4 Å². The van der Waals surface area contributed by atoms with Crippen LogP contribution in [0.2, 0.25) is 10.0 Å². The number of nitriles is 2. The predicted molar refractivity (Wildman–Crippen MR) is 283 cm³/mol. The molecule has 2 heterocycles. The van der Waals surface area contributed by atoms with Gasteiger partial charge in [-0.05, 0) is 85.3 Å². The maximum Gasteiger partial charge on any atom is 0.319 e. The highest BCUT2D eigenvalue weighted by Crippen LogP contribution is 2.49. The minimum atomic E-state index is -5.44. The lowest BCUT2D eigenvalue weighted by Gasteiger charge is -2.16. The van der Waals surface area contributed by atoms with Gasteiger partial charge in [-0.25, -0.2) is 9.78 Å². The van der Waals surface area contributed by atoms with Crippen LogP contribution < -0.4 is 21.3 Å². The van der Waals surface area contributed by atoms with E-state index in [4.69, 9.17) is 28.3 Å². The third kappa shape index (κ3) is 13.4. The van der Waals surface area contributed by atoms with Gasteiger partial charge >= 0.3 is 6.03 Å². The Balaban J connectivity index is 1.45. The number of anilines is 5. The van der Waals surface area contributed by atoms with Gasteiger partial charge in [-0.3, -0.25) is 22.8 Å². The molecule has 36 heteroatoms. The van der Waals surface area contributed by atoms with Gasteiger partial charge in [-0.15, -0.1) is 20.5 Å². The molecule has 0 spiro atoms. The monoisotopic (exact) mass is 1230 g/mol. The number of fused-ring (bicyclic) bond motifs is 1. The first-order chi connectivity index (χ1) is 36.8. The first-order valence-corrected chi connectivity index (χ1v) is 29.8. The van der Waals surface area contributed by atoms with Crippen molar-refractivity contribution in [1.82, 2.24) is 10.3 Å². The largest absolute Gasteiger partial charge is 0.395 e. The molecule has 7 rings (SSSR count). The molecule has 79 heavy (non-hydrogen) atoms. The molecule has 5 aromatic carbocycles. The second kappa shape index (κ2) is 22.6. The number of azo groups is 2. The quantitative estimate of drug-likeness (QED) is 0.0300. The molecule has 2 amide bonds. The average Bonchev–Trinajstić information content (AvgIpc) is 3.89. The number of aliphatic hydroxyl groups excluding tert-OH is 1. The summed E-state index contributed by atoms with van der Waals surface area (Å²) in [7, 11) is -26.0. The topological polar surface area (TPSA) is 467 Å². The number of carbonyl (C=O) groups is 1. The van der Waals surface area contributed by atoms with Gasteiger partial charge in [0.25, 0.3) is 50.6 Å². The molecule has 0 unspecified atom stereocenters. The number of rotatable bonds is 17. The van der Waals surface area contributed by atoms with E-state index in [1.807, 2.05) is 12.1 Å². The maximum absolute atomic E-state index is 12.7. The SMILES string of the molecule is Cc1c(C#N)c(Nc2ccc(Cl)c(S(=O)(=O)O)c2)nc(Nc2ccc(Cl)c(S(=O)(=O)O)c2)c1N=Nc1sc(/N=N/c2cc(S(=O)(=O)O)c3cc(S(=O)(=O)O)cc(S(=O)(=O)O)c3c2)c(-c2ccc(NC(=O)NCCO)cc2)c1C#N. The molecule has 7 aromatic rings. The fourth-order valence-electron chi connectivity index (χ4n) is 7.13. The van der Waals surface area contributed by atoms with Crippen molar-refractivity contribution in [3.05, 3.63) is 112 Å². The van der Waals surface area contributed by atoms with Gasteiger partial charge in [0.05, 0.1) is 32.8 Å². The summed E-state index contributed by atoms with van der Waals surface area (Å²) in [6.07, 6.45) is 0. The summed E-state index contributed by atoms with van der Waals surface area (Å²) >= 11 is 12.6. The van der Waals surface area contributed by atoms with Gasteiger partial charge in [0.2, 0.25) is 0 Å². The molecule has 0 aliphatic rings. The molecule has 28 nitrogen and oxygen atoms in total. The number of hydrogen-bond donors (Lipinski definition) is 10. The average molecular weight is 1240 g/mol. The van der Waals surface area contributed by atoms with Crippen LogP contribution in [0.3, 0.4) is 0 Å². The predicted octanol–water partition coefficient (Wildman–Crippen LogP) is 8.99. The lowest BCUT2D eigenvalue weighted by atomic mass is 10.0. The Kier molecular flexibility index (Phi) is 16.9. The Morgan fingerprint density at radius 1 is 0.608 bits per heavy atom. The van der Waals surface area contributed by atoms with Crippen molar-refractivity contribution in [3.8, 4) is 23.3 Å². The third-order valence-corrected chi connectivity index (χ3v) is 16.8. The molecule has 0 aliphatic heterocycles. The molecule has 0 saturated carbocycles. The minimum absolute atomic E-state index is 0.0422. The first-order valence-electron chi connectivity index (χ1n) is 21.1. The second-order valence-corrected chi connectivity index (χ2v) is 24.6. The number of halogens is 2. The number of pyridine rings is 1. The Bertz CT molecular complexity index is 4460. The Morgan fingerprint density at radius 3 is 1.63 bits per heavy atom. The number of nitrogens with zero attached hydrogens (tertiary/aromatic N) is 7. The summed E-state index contributed by atoms with van der Waals surface area (Å²) in [5, 5.41) is 54.8. The van der Waals surface area contributed by atoms with Crippen LogP contribution in [0.5, 0.6) is 0 Å². The fourth-order valence-corrected chi connectivity index (χ4v) is 12.1. The van der Waals surface area contributed by atoms with Crippen molar-refractivity contribution in [3.63, 3.8) is 0 Å². The van der Waals surface area contributed by atoms with Gasteiger partial charge in [0.1, 0.15) is 48.0 Å². The molecule has 410 valence electrons. The smallest absolute Gasteiger partial charge is 0.319 e. The summed E-state index contributed by atoms with van der Waals surface area (Å²) in [6.45, 7) is 0.899. The number of urea groups is 1. The van der Waals surface area contributed by atoms with Crippen LogP contribution in [0.25, 0.3) is 21.9 Å². The standard InChI is InChI=1S/C43H31Cl2N11O17S6/c1-20-29(18-46)39(49-23-6-8-31(44)35(13-23)78(68,69)70)52-40(50-24-7-9-32(45)36(14-24)79(71,72)73)38(20)54-55-41-30(19-47)37(21-2-4-22(5-3-21)51-43(58)48-10-11-57)42(74-41)56-53-25-12-27-28(33(15-25)76(62,63)64)16-26(75(59,60)61)17-34(27)77(65,66)67/h2-9,12-17,57H,10-11H2,1H3,(H2,48,51,58)(H2,49,50,52)(H,59,60,61)(H,62,63,64)(H,65,66,67)(H,68,69,70)(H,71,72,73)/b55-54?,56-53+. The van der Waals surface area contributed by atoms with Gasteiger partial charge in [-0.1, -0.05) is 46.7 Å². The van der Waals surface area contributed by atoms with Gasteiger partial charge in [-0.2, -0.15) is 52.6 Å². The Hall–Kier alpha value is -7.65. The van der Waals surface area contributed by atoms with E-state index in [2.05, 4.69) is 46.7 Å². The number of aliphatic hydroxyl groups is 1. The summed E-state index contributed by atoms with van der Waals surface area (Å²) in [4.78, 5) is 11.7. The van der Waals surface area contributed by atoms with E-state index in [9.17, 15) is 80.2 Å². The zero-order valence-electron chi connectivity index (χ0n) is 39.0. The van der Waals surface area contributed by atoms with E-state index in [1.165, 1.54) is 43.3 Å². The second-order valence-electron chi connectivity index (χ2n) is 15.8. The van der Waals surface area contributed by atoms with Crippen molar-refractivity contribution >= 4 is 152 Å².